The number of nitrogen functional groups attached to an aromatic ring is 1. The lowest BCUT2D eigenvalue weighted by atomic mass is 9.79. The van der Waals surface area contributed by atoms with Gasteiger partial charge in [-0.25, -0.2) is 4.79 Å². The molecule has 24 heavy (non-hydrogen) atoms. The van der Waals surface area contributed by atoms with Crippen molar-refractivity contribution in [3.05, 3.63) is 18.5 Å². The van der Waals surface area contributed by atoms with Gasteiger partial charge in [-0.1, -0.05) is 0 Å². The van der Waals surface area contributed by atoms with Gasteiger partial charge in [0.05, 0.1) is 17.6 Å². The third-order valence-corrected chi connectivity index (χ3v) is 4.92. The van der Waals surface area contributed by atoms with Crippen LogP contribution in [0.25, 0.3) is 0 Å². The van der Waals surface area contributed by atoms with E-state index >= 15 is 0 Å². The summed E-state index contributed by atoms with van der Waals surface area (Å²) < 4.78 is 5.53. The summed E-state index contributed by atoms with van der Waals surface area (Å²) >= 11 is 0. The molecule has 2 fully saturated rings. The fourth-order valence-electron chi connectivity index (χ4n) is 3.85. The van der Waals surface area contributed by atoms with E-state index in [0.29, 0.717) is 0 Å². The lowest BCUT2D eigenvalue weighted by Crippen LogP contribution is -2.46. The number of ether oxygens (including phenoxy) is 1. The fraction of sp³-hybridized carbons (Fsp3) is 0.667. The predicted molar refractivity (Wildman–Crippen MR) is 95.0 cm³/mol. The Morgan fingerprint density at radius 2 is 2.08 bits per heavy atom. The molecule has 2 aliphatic heterocycles. The minimum Gasteiger partial charge on any atom is -0.444 e. The molecule has 132 valence electrons. The summed E-state index contributed by atoms with van der Waals surface area (Å²) in [5, 5.41) is 0. The van der Waals surface area contributed by atoms with Crippen molar-refractivity contribution in [1.82, 2.24) is 9.88 Å². The number of aromatic nitrogens is 1. The number of pyridine rings is 1. The number of piperidine rings is 1. The van der Waals surface area contributed by atoms with Gasteiger partial charge < -0.3 is 20.3 Å². The SMILES string of the molecule is CC(C)(C)OC(=O)N1CCC2(CCCN(c3ccncc3N)C2)C1. The fourth-order valence-corrected chi connectivity index (χ4v) is 3.85. The first-order chi connectivity index (χ1) is 11.3. The molecular weight excluding hydrogens is 304 g/mol. The monoisotopic (exact) mass is 332 g/mol. The Hall–Kier alpha value is -1.98. The molecule has 2 saturated heterocycles. The van der Waals surface area contributed by atoms with Crippen molar-refractivity contribution in [2.24, 2.45) is 5.41 Å². The first-order valence-electron chi connectivity index (χ1n) is 8.70. The Morgan fingerprint density at radius 1 is 1.29 bits per heavy atom. The normalized spacial score (nSPS) is 24.5. The number of hydrogen-bond donors (Lipinski definition) is 1. The lowest BCUT2D eigenvalue weighted by molar-refractivity contribution is 0.0269. The quantitative estimate of drug-likeness (QED) is 0.856. The van der Waals surface area contributed by atoms with Crippen LogP contribution in [0.1, 0.15) is 40.0 Å². The van der Waals surface area contributed by atoms with E-state index in [2.05, 4.69) is 9.88 Å². The Morgan fingerprint density at radius 3 is 2.79 bits per heavy atom. The van der Waals surface area contributed by atoms with Crippen molar-refractivity contribution >= 4 is 17.5 Å². The number of carbonyl (C=O) groups excluding carboxylic acids is 1. The second-order valence-electron chi connectivity index (χ2n) is 8.11. The molecule has 0 bridgehead atoms. The number of nitrogens with zero attached hydrogens (tertiary/aromatic N) is 3. The van der Waals surface area contributed by atoms with Gasteiger partial charge in [0.2, 0.25) is 0 Å². The average molecular weight is 332 g/mol. The van der Waals surface area contributed by atoms with Crippen molar-refractivity contribution in [2.75, 3.05) is 36.8 Å². The van der Waals surface area contributed by atoms with Crippen LogP contribution in [0, 0.1) is 5.41 Å². The zero-order chi connectivity index (χ0) is 17.4. The van der Waals surface area contributed by atoms with E-state index in [1.165, 1.54) is 0 Å². The minimum atomic E-state index is -0.447. The summed E-state index contributed by atoms with van der Waals surface area (Å²) in [4.78, 5) is 20.6. The van der Waals surface area contributed by atoms with Crippen LogP contribution in [0.5, 0.6) is 0 Å². The van der Waals surface area contributed by atoms with Crippen LogP contribution >= 0.6 is 0 Å². The molecule has 0 radical (unpaired) electrons. The molecule has 0 saturated carbocycles. The molecule has 1 atom stereocenters. The Bertz CT molecular complexity index is 613. The van der Waals surface area contributed by atoms with Crippen molar-refractivity contribution in [2.45, 2.75) is 45.6 Å². The summed E-state index contributed by atoms with van der Waals surface area (Å²) in [6.07, 6.45) is 6.58. The summed E-state index contributed by atoms with van der Waals surface area (Å²) in [6, 6.07) is 1.98. The molecule has 2 N–H and O–H groups in total. The smallest absolute Gasteiger partial charge is 0.410 e. The topological polar surface area (TPSA) is 71.7 Å². The molecule has 1 unspecified atom stereocenters. The Kier molecular flexibility index (Phi) is 4.32. The van der Waals surface area contributed by atoms with Crippen molar-refractivity contribution in [3.63, 3.8) is 0 Å². The summed E-state index contributed by atoms with van der Waals surface area (Å²) in [5.41, 5.74) is 7.57. The van der Waals surface area contributed by atoms with Crippen LogP contribution in [0.15, 0.2) is 18.5 Å². The average Bonchev–Trinajstić information content (AvgIpc) is 2.90. The number of amides is 1. The van der Waals surface area contributed by atoms with E-state index < -0.39 is 5.60 Å². The van der Waals surface area contributed by atoms with Crippen molar-refractivity contribution in [3.8, 4) is 0 Å². The van der Waals surface area contributed by atoms with Crippen LogP contribution in [0.4, 0.5) is 16.2 Å². The summed E-state index contributed by atoms with van der Waals surface area (Å²) in [5.74, 6) is 0. The van der Waals surface area contributed by atoms with E-state index in [0.717, 1.165) is 56.8 Å². The number of carbonyl (C=O) groups is 1. The largest absolute Gasteiger partial charge is 0.444 e. The third-order valence-electron chi connectivity index (χ3n) is 4.92. The minimum absolute atomic E-state index is 0.144. The third kappa shape index (κ3) is 3.57. The summed E-state index contributed by atoms with van der Waals surface area (Å²) in [7, 11) is 0. The molecule has 6 heteroatoms. The van der Waals surface area contributed by atoms with Gasteiger partial charge in [-0.05, 0) is 46.1 Å². The van der Waals surface area contributed by atoms with Gasteiger partial charge in [-0.3, -0.25) is 4.98 Å². The molecule has 0 aliphatic carbocycles. The summed E-state index contributed by atoms with van der Waals surface area (Å²) in [6.45, 7) is 9.20. The van der Waals surface area contributed by atoms with E-state index in [-0.39, 0.29) is 11.5 Å². The van der Waals surface area contributed by atoms with Gasteiger partial charge in [0.25, 0.3) is 0 Å². The molecular formula is C18H28N4O2. The molecule has 6 nitrogen and oxygen atoms in total. The van der Waals surface area contributed by atoms with Crippen molar-refractivity contribution < 1.29 is 9.53 Å². The Balaban J connectivity index is 1.69. The van der Waals surface area contributed by atoms with Crippen LogP contribution < -0.4 is 10.6 Å². The molecule has 1 amide bonds. The Labute approximate surface area is 144 Å². The number of likely N-dealkylation sites (tertiary alicyclic amines) is 1. The zero-order valence-electron chi connectivity index (χ0n) is 14.9. The van der Waals surface area contributed by atoms with Gasteiger partial charge in [0.15, 0.2) is 0 Å². The number of nitrogens with two attached hydrogens (primary N) is 1. The van der Waals surface area contributed by atoms with Gasteiger partial charge in [0.1, 0.15) is 5.60 Å². The molecule has 3 heterocycles. The first kappa shape index (κ1) is 16.9. The van der Waals surface area contributed by atoms with Crippen LogP contribution in [-0.4, -0.2) is 47.8 Å². The second kappa shape index (κ2) is 6.15. The van der Waals surface area contributed by atoms with Gasteiger partial charge in [-0.15, -0.1) is 0 Å². The molecule has 1 aromatic heterocycles. The second-order valence-corrected chi connectivity index (χ2v) is 8.11. The maximum Gasteiger partial charge on any atom is 0.410 e. The molecule has 2 aliphatic rings. The predicted octanol–water partition coefficient (Wildman–Crippen LogP) is 2.89. The highest BCUT2D eigenvalue weighted by molar-refractivity contribution is 5.69. The van der Waals surface area contributed by atoms with E-state index in [1.807, 2.05) is 31.7 Å². The van der Waals surface area contributed by atoms with E-state index in [1.54, 1.807) is 12.4 Å². The van der Waals surface area contributed by atoms with Crippen LogP contribution in [0.3, 0.4) is 0 Å². The lowest BCUT2D eigenvalue weighted by Gasteiger charge is -2.41. The van der Waals surface area contributed by atoms with Gasteiger partial charge in [-0.2, -0.15) is 0 Å². The number of hydrogen-bond acceptors (Lipinski definition) is 5. The number of rotatable bonds is 1. The molecule has 1 spiro atoms. The molecule has 3 rings (SSSR count). The van der Waals surface area contributed by atoms with Crippen LogP contribution in [-0.2, 0) is 4.74 Å². The first-order valence-corrected chi connectivity index (χ1v) is 8.70. The highest BCUT2D eigenvalue weighted by Crippen LogP contribution is 2.41. The zero-order valence-corrected chi connectivity index (χ0v) is 14.9. The standard InChI is InChI=1S/C18H28N4O2/c1-17(2,3)24-16(23)22-10-7-18(13-22)6-4-9-21(12-18)15-5-8-20-11-14(15)19/h5,8,11H,4,6-7,9-10,12-13,19H2,1-3H3. The maximum atomic E-state index is 12.4. The van der Waals surface area contributed by atoms with E-state index in [9.17, 15) is 4.79 Å². The number of anilines is 2. The maximum absolute atomic E-state index is 12.4. The van der Waals surface area contributed by atoms with Gasteiger partial charge >= 0.3 is 6.09 Å². The van der Waals surface area contributed by atoms with Crippen LogP contribution in [0.2, 0.25) is 0 Å². The molecule has 1 aromatic rings. The molecule has 0 aromatic carbocycles. The highest BCUT2D eigenvalue weighted by atomic mass is 16.6. The van der Waals surface area contributed by atoms with Gasteiger partial charge in [0, 0.05) is 37.8 Å². The van der Waals surface area contributed by atoms with Crippen molar-refractivity contribution in [1.29, 1.82) is 0 Å². The van der Waals surface area contributed by atoms with E-state index in [4.69, 9.17) is 10.5 Å². The highest BCUT2D eigenvalue weighted by Gasteiger charge is 2.44.